The van der Waals surface area contributed by atoms with Crippen LogP contribution in [0.5, 0.6) is 0 Å². The fraction of sp³-hybridized carbons (Fsp3) is 0.160. The summed E-state index contributed by atoms with van der Waals surface area (Å²) in [6.45, 7) is 6.51. The molecule has 6 heteroatoms. The van der Waals surface area contributed by atoms with Crippen molar-refractivity contribution >= 4 is 34.8 Å². The standard InChI is InChI=1S/C25H23ClN4O/c1-25(2,3)18-11-8-16(9-12-18)15-27-30-24(31)17-10-13-21-22(14-17)29-23(28-21)19-6-4-5-7-20(19)26/h4-15H,1-3H3,(H,28,29)(H,30,31)/b27-15+. The van der Waals surface area contributed by atoms with E-state index in [4.69, 9.17) is 11.6 Å². The van der Waals surface area contributed by atoms with Crippen LogP contribution >= 0.6 is 11.6 Å². The zero-order valence-corrected chi connectivity index (χ0v) is 18.4. The Bertz CT molecular complexity index is 1270. The number of hydrazone groups is 1. The number of hydrogen-bond donors (Lipinski definition) is 2. The Balaban J connectivity index is 1.48. The van der Waals surface area contributed by atoms with Crippen LogP contribution in [0.15, 0.2) is 71.8 Å². The number of aromatic amines is 1. The zero-order chi connectivity index (χ0) is 22.0. The van der Waals surface area contributed by atoms with Gasteiger partial charge in [0.25, 0.3) is 5.91 Å². The molecule has 0 bridgehead atoms. The molecule has 31 heavy (non-hydrogen) atoms. The molecule has 0 saturated heterocycles. The number of aromatic nitrogens is 2. The van der Waals surface area contributed by atoms with Crippen LogP contribution in [0.25, 0.3) is 22.4 Å². The third-order valence-electron chi connectivity index (χ3n) is 5.03. The number of fused-ring (bicyclic) bond motifs is 1. The summed E-state index contributed by atoms with van der Waals surface area (Å²) in [5, 5.41) is 4.70. The average molecular weight is 431 g/mol. The minimum Gasteiger partial charge on any atom is -0.338 e. The number of hydrogen-bond acceptors (Lipinski definition) is 3. The number of nitrogens with zero attached hydrogens (tertiary/aromatic N) is 2. The van der Waals surface area contributed by atoms with Gasteiger partial charge in [0.1, 0.15) is 5.82 Å². The highest BCUT2D eigenvalue weighted by Gasteiger charge is 2.13. The lowest BCUT2D eigenvalue weighted by Crippen LogP contribution is -2.17. The largest absolute Gasteiger partial charge is 0.338 e. The molecule has 0 radical (unpaired) electrons. The Morgan fingerprint density at radius 2 is 1.81 bits per heavy atom. The van der Waals surface area contributed by atoms with Crippen LogP contribution in [0.1, 0.15) is 42.3 Å². The molecular weight excluding hydrogens is 408 g/mol. The van der Waals surface area contributed by atoms with E-state index in [0.29, 0.717) is 16.4 Å². The third-order valence-corrected chi connectivity index (χ3v) is 5.36. The number of rotatable bonds is 4. The van der Waals surface area contributed by atoms with E-state index in [-0.39, 0.29) is 11.3 Å². The molecule has 0 saturated carbocycles. The van der Waals surface area contributed by atoms with Crippen molar-refractivity contribution in [3.8, 4) is 11.4 Å². The summed E-state index contributed by atoms with van der Waals surface area (Å²) in [7, 11) is 0. The molecule has 1 amide bonds. The number of imidazole rings is 1. The Morgan fingerprint density at radius 1 is 1.06 bits per heavy atom. The fourth-order valence-corrected chi connectivity index (χ4v) is 3.46. The fourth-order valence-electron chi connectivity index (χ4n) is 3.23. The molecule has 1 aromatic heterocycles. The van der Waals surface area contributed by atoms with E-state index in [1.54, 1.807) is 24.4 Å². The van der Waals surface area contributed by atoms with Crippen LogP contribution in [0, 0.1) is 0 Å². The average Bonchev–Trinajstić information content (AvgIpc) is 3.17. The monoisotopic (exact) mass is 430 g/mol. The summed E-state index contributed by atoms with van der Waals surface area (Å²) in [5.74, 6) is 0.369. The van der Waals surface area contributed by atoms with Crippen molar-refractivity contribution in [2.45, 2.75) is 26.2 Å². The first-order valence-corrected chi connectivity index (χ1v) is 10.4. The summed E-state index contributed by atoms with van der Waals surface area (Å²) in [6, 6.07) is 20.9. The van der Waals surface area contributed by atoms with E-state index >= 15 is 0 Å². The van der Waals surface area contributed by atoms with Crippen LogP contribution in [0.3, 0.4) is 0 Å². The molecule has 3 aromatic carbocycles. The molecule has 156 valence electrons. The highest BCUT2D eigenvalue weighted by Crippen LogP contribution is 2.27. The summed E-state index contributed by atoms with van der Waals surface area (Å²) < 4.78 is 0. The molecule has 4 aromatic rings. The van der Waals surface area contributed by atoms with Crippen molar-refractivity contribution in [3.05, 3.63) is 88.4 Å². The molecule has 4 rings (SSSR count). The summed E-state index contributed by atoms with van der Waals surface area (Å²) in [5.41, 5.74) is 7.66. The van der Waals surface area contributed by atoms with Gasteiger partial charge >= 0.3 is 0 Å². The maximum atomic E-state index is 12.5. The highest BCUT2D eigenvalue weighted by atomic mass is 35.5. The van der Waals surface area contributed by atoms with Crippen LogP contribution in [0.4, 0.5) is 0 Å². The summed E-state index contributed by atoms with van der Waals surface area (Å²) >= 11 is 6.27. The zero-order valence-electron chi connectivity index (χ0n) is 17.6. The van der Waals surface area contributed by atoms with Gasteiger partial charge in [0.2, 0.25) is 0 Å². The normalized spacial score (nSPS) is 11.9. The molecule has 0 aliphatic heterocycles. The quantitative estimate of drug-likeness (QED) is 0.310. The first-order chi connectivity index (χ1) is 14.8. The predicted octanol–water partition coefficient (Wildman–Crippen LogP) is 5.94. The van der Waals surface area contributed by atoms with E-state index in [1.807, 2.05) is 36.4 Å². The van der Waals surface area contributed by atoms with Crippen molar-refractivity contribution in [2.24, 2.45) is 5.10 Å². The first-order valence-electron chi connectivity index (χ1n) is 10.00. The van der Waals surface area contributed by atoms with Gasteiger partial charge in [-0.25, -0.2) is 10.4 Å². The Morgan fingerprint density at radius 3 is 2.52 bits per heavy atom. The molecular formula is C25H23ClN4O. The second-order valence-electron chi connectivity index (χ2n) is 8.37. The Kier molecular flexibility index (Phi) is 5.61. The number of halogens is 1. The second kappa shape index (κ2) is 8.36. The molecule has 0 spiro atoms. The number of nitrogens with one attached hydrogen (secondary N) is 2. The molecule has 0 atom stereocenters. The van der Waals surface area contributed by atoms with Crippen molar-refractivity contribution < 1.29 is 4.79 Å². The molecule has 5 nitrogen and oxygen atoms in total. The van der Waals surface area contributed by atoms with Gasteiger partial charge in [-0.3, -0.25) is 4.79 Å². The van der Waals surface area contributed by atoms with Gasteiger partial charge in [0.15, 0.2) is 0 Å². The van der Waals surface area contributed by atoms with Crippen LogP contribution in [-0.4, -0.2) is 22.1 Å². The summed E-state index contributed by atoms with van der Waals surface area (Å²) in [4.78, 5) is 20.3. The number of carbonyl (C=O) groups is 1. The van der Waals surface area contributed by atoms with Crippen LogP contribution < -0.4 is 5.43 Å². The lowest BCUT2D eigenvalue weighted by Gasteiger charge is -2.18. The lowest BCUT2D eigenvalue weighted by molar-refractivity contribution is 0.0955. The third kappa shape index (κ3) is 4.67. The van der Waals surface area contributed by atoms with Gasteiger partial charge in [-0.05, 0) is 46.9 Å². The molecule has 0 aliphatic carbocycles. The topological polar surface area (TPSA) is 70.1 Å². The minimum absolute atomic E-state index is 0.0981. The molecule has 0 aliphatic rings. The van der Waals surface area contributed by atoms with E-state index in [9.17, 15) is 4.79 Å². The second-order valence-corrected chi connectivity index (χ2v) is 8.78. The minimum atomic E-state index is -0.293. The van der Waals surface area contributed by atoms with Gasteiger partial charge in [-0.2, -0.15) is 5.10 Å². The van der Waals surface area contributed by atoms with Gasteiger partial charge in [-0.1, -0.05) is 68.8 Å². The highest BCUT2D eigenvalue weighted by molar-refractivity contribution is 6.33. The van der Waals surface area contributed by atoms with E-state index in [1.165, 1.54) is 5.56 Å². The molecule has 0 fully saturated rings. The number of amides is 1. The van der Waals surface area contributed by atoms with Crippen molar-refractivity contribution in [3.63, 3.8) is 0 Å². The van der Waals surface area contributed by atoms with Crippen molar-refractivity contribution in [1.29, 1.82) is 0 Å². The van der Waals surface area contributed by atoms with Crippen LogP contribution in [0.2, 0.25) is 5.02 Å². The first kappa shape index (κ1) is 20.8. The molecule has 0 unspecified atom stereocenters. The summed E-state index contributed by atoms with van der Waals surface area (Å²) in [6.07, 6.45) is 1.63. The van der Waals surface area contributed by atoms with Crippen LogP contribution in [-0.2, 0) is 5.41 Å². The van der Waals surface area contributed by atoms with E-state index < -0.39 is 0 Å². The van der Waals surface area contributed by atoms with E-state index in [2.05, 4.69) is 53.4 Å². The number of benzene rings is 3. The number of carbonyl (C=O) groups excluding carboxylic acids is 1. The Hall–Kier alpha value is -3.44. The van der Waals surface area contributed by atoms with Crippen molar-refractivity contribution in [2.75, 3.05) is 0 Å². The van der Waals surface area contributed by atoms with Gasteiger partial charge < -0.3 is 4.98 Å². The smallest absolute Gasteiger partial charge is 0.271 e. The maximum Gasteiger partial charge on any atom is 0.271 e. The lowest BCUT2D eigenvalue weighted by atomic mass is 9.87. The molecule has 2 N–H and O–H groups in total. The SMILES string of the molecule is CC(C)(C)c1ccc(/C=N/NC(=O)c2ccc3nc(-c4ccccc4Cl)[nH]c3c2)cc1. The maximum absolute atomic E-state index is 12.5. The predicted molar refractivity (Wildman–Crippen MR) is 127 cm³/mol. The van der Waals surface area contributed by atoms with Gasteiger partial charge in [0, 0.05) is 11.1 Å². The van der Waals surface area contributed by atoms with Gasteiger partial charge in [-0.15, -0.1) is 0 Å². The van der Waals surface area contributed by atoms with E-state index in [0.717, 1.165) is 22.2 Å². The van der Waals surface area contributed by atoms with Gasteiger partial charge in [0.05, 0.1) is 22.3 Å². The van der Waals surface area contributed by atoms with Crippen molar-refractivity contribution in [1.82, 2.24) is 15.4 Å². The number of H-pyrrole nitrogens is 1. The Labute approximate surface area is 186 Å². The molecule has 1 heterocycles.